The summed E-state index contributed by atoms with van der Waals surface area (Å²) < 4.78 is 29.9. The summed E-state index contributed by atoms with van der Waals surface area (Å²) in [6.07, 6.45) is 5.78. The predicted octanol–water partition coefficient (Wildman–Crippen LogP) is 1.73. The van der Waals surface area contributed by atoms with E-state index >= 15 is 0 Å². The lowest BCUT2D eigenvalue weighted by Crippen LogP contribution is -2.03. The van der Waals surface area contributed by atoms with Crippen LogP contribution in [0.25, 0.3) is 6.08 Å². The van der Waals surface area contributed by atoms with Crippen molar-refractivity contribution in [3.63, 3.8) is 0 Å². The summed E-state index contributed by atoms with van der Waals surface area (Å²) in [6, 6.07) is 6.04. The number of aromatic nitrogens is 2. The average molecular weight is 320 g/mol. The highest BCUT2D eigenvalue weighted by molar-refractivity contribution is 7.90. The van der Waals surface area contributed by atoms with Gasteiger partial charge in [-0.3, -0.25) is 9.48 Å². The van der Waals surface area contributed by atoms with E-state index in [2.05, 4.69) is 5.10 Å². The van der Waals surface area contributed by atoms with Gasteiger partial charge >= 0.3 is 0 Å². The minimum Gasteiger partial charge on any atom is -0.495 e. The molecule has 0 spiro atoms. The topological polar surface area (TPSA) is 78.3 Å². The fourth-order valence-corrected chi connectivity index (χ4v) is 2.76. The van der Waals surface area contributed by atoms with Crippen molar-refractivity contribution in [1.29, 1.82) is 0 Å². The van der Waals surface area contributed by atoms with E-state index in [4.69, 9.17) is 4.74 Å². The van der Waals surface area contributed by atoms with Crippen LogP contribution in [0.5, 0.6) is 5.75 Å². The molecule has 0 N–H and O–H groups in total. The number of carbonyl (C=O) groups is 1. The van der Waals surface area contributed by atoms with Crippen molar-refractivity contribution in [2.75, 3.05) is 13.4 Å². The van der Waals surface area contributed by atoms with Gasteiger partial charge in [-0.05, 0) is 36.4 Å². The summed E-state index contributed by atoms with van der Waals surface area (Å²) >= 11 is 0. The summed E-state index contributed by atoms with van der Waals surface area (Å²) in [5.74, 6) is -0.0955. The van der Waals surface area contributed by atoms with E-state index in [1.807, 2.05) is 0 Å². The Morgan fingerprint density at radius 1 is 1.32 bits per heavy atom. The molecule has 2 aromatic rings. The highest BCUT2D eigenvalue weighted by Crippen LogP contribution is 2.25. The third-order valence-corrected chi connectivity index (χ3v) is 4.25. The van der Waals surface area contributed by atoms with E-state index in [0.29, 0.717) is 5.56 Å². The maximum atomic E-state index is 12.2. The van der Waals surface area contributed by atoms with Gasteiger partial charge in [0.05, 0.1) is 12.8 Å². The maximum absolute atomic E-state index is 12.2. The Kier molecular flexibility index (Phi) is 4.46. The number of carbonyl (C=O) groups excluding carboxylic acids is 1. The fourth-order valence-electron chi connectivity index (χ4n) is 1.93. The standard InChI is InChI=1S/C15H16N2O4S/c1-17-12(8-9-16-17)5-6-13(18)11-4-7-15(22(3,19)20)14(10-11)21-2/h4-10H,1-3H3/b6-5+. The highest BCUT2D eigenvalue weighted by Gasteiger charge is 2.16. The van der Waals surface area contributed by atoms with Crippen molar-refractivity contribution in [3.05, 3.63) is 47.8 Å². The van der Waals surface area contributed by atoms with Crippen LogP contribution in [0.3, 0.4) is 0 Å². The number of hydrogen-bond donors (Lipinski definition) is 0. The van der Waals surface area contributed by atoms with E-state index < -0.39 is 9.84 Å². The zero-order valence-electron chi connectivity index (χ0n) is 12.5. The van der Waals surface area contributed by atoms with E-state index in [-0.39, 0.29) is 16.4 Å². The minimum atomic E-state index is -3.41. The van der Waals surface area contributed by atoms with Crippen molar-refractivity contribution in [2.24, 2.45) is 7.05 Å². The number of sulfone groups is 1. The molecule has 1 heterocycles. The molecule has 6 nitrogen and oxygen atoms in total. The molecule has 0 bridgehead atoms. The Hall–Kier alpha value is -2.41. The second-order valence-corrected chi connectivity index (χ2v) is 6.70. The van der Waals surface area contributed by atoms with Crippen LogP contribution in [-0.2, 0) is 16.9 Å². The molecule has 7 heteroatoms. The van der Waals surface area contributed by atoms with Crippen molar-refractivity contribution in [2.45, 2.75) is 4.90 Å². The van der Waals surface area contributed by atoms with Crippen molar-refractivity contribution in [1.82, 2.24) is 9.78 Å². The molecule has 0 saturated heterocycles. The zero-order chi connectivity index (χ0) is 16.3. The monoisotopic (exact) mass is 320 g/mol. The smallest absolute Gasteiger partial charge is 0.186 e. The van der Waals surface area contributed by atoms with Crippen molar-refractivity contribution in [3.8, 4) is 5.75 Å². The van der Waals surface area contributed by atoms with Crippen LogP contribution >= 0.6 is 0 Å². The van der Waals surface area contributed by atoms with Gasteiger partial charge in [0, 0.05) is 25.1 Å². The van der Waals surface area contributed by atoms with E-state index in [9.17, 15) is 13.2 Å². The summed E-state index contributed by atoms with van der Waals surface area (Å²) in [6.45, 7) is 0. The molecule has 0 saturated carbocycles. The Morgan fingerprint density at radius 3 is 2.59 bits per heavy atom. The van der Waals surface area contributed by atoms with Crippen LogP contribution in [0.4, 0.5) is 0 Å². The van der Waals surface area contributed by atoms with Gasteiger partial charge in [-0.1, -0.05) is 0 Å². The molecular formula is C15H16N2O4S. The van der Waals surface area contributed by atoms with Gasteiger partial charge in [0.15, 0.2) is 15.6 Å². The molecule has 0 aliphatic heterocycles. The lowest BCUT2D eigenvalue weighted by Gasteiger charge is -2.07. The molecule has 0 amide bonds. The Morgan fingerprint density at radius 2 is 2.05 bits per heavy atom. The van der Waals surface area contributed by atoms with Crippen LogP contribution in [0.1, 0.15) is 16.1 Å². The molecule has 0 fully saturated rings. The zero-order valence-corrected chi connectivity index (χ0v) is 13.3. The number of rotatable bonds is 5. The normalized spacial score (nSPS) is 11.8. The van der Waals surface area contributed by atoms with Gasteiger partial charge in [-0.25, -0.2) is 8.42 Å². The Balaban J connectivity index is 2.31. The minimum absolute atomic E-state index is 0.0576. The molecule has 0 aliphatic carbocycles. The molecule has 0 atom stereocenters. The van der Waals surface area contributed by atoms with Gasteiger partial charge < -0.3 is 4.74 Å². The molecule has 2 rings (SSSR count). The maximum Gasteiger partial charge on any atom is 0.186 e. The number of aryl methyl sites for hydroxylation is 1. The Labute approximate surface area is 128 Å². The molecule has 0 unspecified atom stereocenters. The first-order valence-corrected chi connectivity index (χ1v) is 8.30. The predicted molar refractivity (Wildman–Crippen MR) is 82.7 cm³/mol. The van der Waals surface area contributed by atoms with Gasteiger partial charge in [-0.2, -0.15) is 5.10 Å². The molecule has 1 aromatic carbocycles. The lowest BCUT2D eigenvalue weighted by atomic mass is 10.1. The van der Waals surface area contributed by atoms with Crippen LogP contribution in [0.15, 0.2) is 41.4 Å². The number of nitrogens with zero attached hydrogens (tertiary/aromatic N) is 2. The van der Waals surface area contributed by atoms with Crippen LogP contribution in [0.2, 0.25) is 0 Å². The molecule has 0 aliphatic rings. The Bertz CT molecular complexity index is 835. The number of ether oxygens (including phenoxy) is 1. The summed E-state index contributed by atoms with van der Waals surface area (Å²) in [4.78, 5) is 12.2. The largest absolute Gasteiger partial charge is 0.495 e. The highest BCUT2D eigenvalue weighted by atomic mass is 32.2. The third-order valence-electron chi connectivity index (χ3n) is 3.11. The average Bonchev–Trinajstić information content (AvgIpc) is 2.88. The van der Waals surface area contributed by atoms with Gasteiger partial charge in [-0.15, -0.1) is 0 Å². The van der Waals surface area contributed by atoms with Gasteiger partial charge in [0.2, 0.25) is 0 Å². The molecule has 116 valence electrons. The molecule has 22 heavy (non-hydrogen) atoms. The number of ketones is 1. The number of benzene rings is 1. The number of allylic oxidation sites excluding steroid dienone is 1. The number of hydrogen-bond acceptors (Lipinski definition) is 5. The van der Waals surface area contributed by atoms with Crippen LogP contribution in [0, 0.1) is 0 Å². The second-order valence-electron chi connectivity index (χ2n) is 4.72. The van der Waals surface area contributed by atoms with Gasteiger partial charge in [0.25, 0.3) is 0 Å². The quantitative estimate of drug-likeness (QED) is 0.619. The van der Waals surface area contributed by atoms with Crippen LogP contribution in [-0.4, -0.2) is 37.3 Å². The van der Waals surface area contributed by atoms with Gasteiger partial charge in [0.1, 0.15) is 10.6 Å². The van der Waals surface area contributed by atoms with Crippen molar-refractivity contribution < 1.29 is 17.9 Å². The van der Waals surface area contributed by atoms with E-state index in [1.54, 1.807) is 30.1 Å². The SMILES string of the molecule is COc1cc(C(=O)/C=C/c2ccnn2C)ccc1S(C)(=O)=O. The lowest BCUT2D eigenvalue weighted by molar-refractivity contribution is 0.104. The van der Waals surface area contributed by atoms with E-state index in [0.717, 1.165) is 11.9 Å². The third kappa shape index (κ3) is 3.43. The molecule has 0 radical (unpaired) electrons. The van der Waals surface area contributed by atoms with Crippen molar-refractivity contribution >= 4 is 21.7 Å². The summed E-state index contributed by atoms with van der Waals surface area (Å²) in [7, 11) is -0.271. The first kappa shape index (κ1) is 16.0. The van der Waals surface area contributed by atoms with Crippen LogP contribution < -0.4 is 4.74 Å². The second kappa shape index (κ2) is 6.15. The fraction of sp³-hybridized carbons (Fsp3) is 0.200. The molecular weight excluding hydrogens is 304 g/mol. The summed E-state index contributed by atoms with van der Waals surface area (Å²) in [5, 5.41) is 4.00. The number of methoxy groups -OCH3 is 1. The molecule has 1 aromatic heterocycles. The summed E-state index contributed by atoms with van der Waals surface area (Å²) in [5.41, 5.74) is 1.13. The first-order valence-electron chi connectivity index (χ1n) is 6.41. The van der Waals surface area contributed by atoms with E-state index in [1.165, 1.54) is 31.4 Å². The first-order chi connectivity index (χ1) is 10.3.